The van der Waals surface area contributed by atoms with Gasteiger partial charge in [0, 0.05) is 18.1 Å². The topological polar surface area (TPSA) is 84.5 Å². The van der Waals surface area contributed by atoms with Gasteiger partial charge in [-0.25, -0.2) is 17.9 Å². The van der Waals surface area contributed by atoms with Crippen molar-refractivity contribution in [2.75, 3.05) is 13.1 Å². The number of carbonyl (C=O) groups is 1. The summed E-state index contributed by atoms with van der Waals surface area (Å²) in [6.45, 7) is 5.44. The van der Waals surface area contributed by atoms with Gasteiger partial charge in [-0.1, -0.05) is 35.9 Å². The van der Waals surface area contributed by atoms with E-state index in [0.717, 1.165) is 11.1 Å². The van der Waals surface area contributed by atoms with Crippen LogP contribution in [0.1, 0.15) is 20.8 Å². The lowest BCUT2D eigenvalue weighted by molar-refractivity contribution is 0.0529. The van der Waals surface area contributed by atoms with Crippen LogP contribution in [0, 0.1) is 0 Å². The predicted molar refractivity (Wildman–Crippen MR) is 106 cm³/mol. The van der Waals surface area contributed by atoms with Gasteiger partial charge in [0.2, 0.25) is 10.0 Å². The first-order valence-electron chi connectivity index (χ1n) is 8.39. The molecule has 2 aromatic rings. The lowest BCUT2D eigenvalue weighted by Crippen LogP contribution is -2.37. The first kappa shape index (κ1) is 21.2. The van der Waals surface area contributed by atoms with E-state index in [1.165, 1.54) is 12.1 Å². The zero-order chi connectivity index (χ0) is 20.1. The van der Waals surface area contributed by atoms with E-state index < -0.39 is 21.7 Å². The summed E-state index contributed by atoms with van der Waals surface area (Å²) in [4.78, 5) is 11.7. The number of sulfonamides is 1. The predicted octanol–water partition coefficient (Wildman–Crippen LogP) is 3.81. The molecule has 0 fully saturated rings. The van der Waals surface area contributed by atoms with Gasteiger partial charge in [-0.3, -0.25) is 0 Å². The number of carbonyl (C=O) groups excluding carboxylic acids is 1. The molecule has 6 nitrogen and oxygen atoms in total. The fourth-order valence-corrected chi connectivity index (χ4v) is 3.37. The molecule has 2 N–H and O–H groups in total. The molecule has 0 spiro atoms. The second-order valence-corrected chi connectivity index (χ2v) is 9.06. The molecule has 0 aliphatic rings. The van der Waals surface area contributed by atoms with Crippen LogP contribution in [-0.2, 0) is 14.8 Å². The van der Waals surface area contributed by atoms with Gasteiger partial charge in [-0.15, -0.1) is 0 Å². The van der Waals surface area contributed by atoms with Crippen molar-refractivity contribution in [2.45, 2.75) is 31.3 Å². The molecule has 2 rings (SSSR count). The van der Waals surface area contributed by atoms with E-state index in [4.69, 9.17) is 16.3 Å². The zero-order valence-corrected chi connectivity index (χ0v) is 17.0. The molecule has 8 heteroatoms. The molecule has 0 saturated carbocycles. The lowest BCUT2D eigenvalue weighted by atomic mass is 10.1. The van der Waals surface area contributed by atoms with Gasteiger partial charge in [0.25, 0.3) is 0 Å². The van der Waals surface area contributed by atoms with Gasteiger partial charge in [-0.05, 0) is 56.2 Å². The molecule has 0 saturated heterocycles. The molecule has 1 amide bonds. The summed E-state index contributed by atoms with van der Waals surface area (Å²) in [7, 11) is -3.66. The Hall–Kier alpha value is -2.09. The quantitative estimate of drug-likeness (QED) is 0.709. The summed E-state index contributed by atoms with van der Waals surface area (Å²) in [5, 5.41) is 3.14. The van der Waals surface area contributed by atoms with E-state index in [-0.39, 0.29) is 18.0 Å². The average molecular weight is 411 g/mol. The highest BCUT2D eigenvalue weighted by molar-refractivity contribution is 7.89. The molecular formula is C19H23ClN2O4S. The molecule has 0 aliphatic carbocycles. The van der Waals surface area contributed by atoms with Gasteiger partial charge in [0.05, 0.1) is 4.90 Å². The molecule has 0 bridgehead atoms. The number of benzene rings is 2. The summed E-state index contributed by atoms with van der Waals surface area (Å²) in [6, 6.07) is 13.8. The Balaban J connectivity index is 1.91. The van der Waals surface area contributed by atoms with E-state index in [0.29, 0.717) is 5.02 Å². The minimum Gasteiger partial charge on any atom is -0.444 e. The number of hydrogen-bond acceptors (Lipinski definition) is 4. The highest BCUT2D eigenvalue weighted by Gasteiger charge is 2.17. The van der Waals surface area contributed by atoms with Crippen molar-refractivity contribution in [2.24, 2.45) is 0 Å². The average Bonchev–Trinajstić information content (AvgIpc) is 2.58. The number of amides is 1. The van der Waals surface area contributed by atoms with Gasteiger partial charge in [0.15, 0.2) is 0 Å². The smallest absolute Gasteiger partial charge is 0.407 e. The van der Waals surface area contributed by atoms with E-state index in [1.54, 1.807) is 45.0 Å². The number of nitrogens with one attached hydrogen (secondary N) is 2. The van der Waals surface area contributed by atoms with Gasteiger partial charge >= 0.3 is 6.09 Å². The van der Waals surface area contributed by atoms with Crippen molar-refractivity contribution in [3.05, 3.63) is 53.6 Å². The number of alkyl carbamates (subject to hydrolysis) is 1. The van der Waals surface area contributed by atoms with E-state index in [2.05, 4.69) is 10.0 Å². The van der Waals surface area contributed by atoms with Crippen molar-refractivity contribution < 1.29 is 17.9 Å². The molecule has 0 atom stereocenters. The molecule has 0 unspecified atom stereocenters. The van der Waals surface area contributed by atoms with Crippen LogP contribution in [0.2, 0.25) is 5.02 Å². The van der Waals surface area contributed by atoms with Crippen LogP contribution < -0.4 is 10.0 Å². The second-order valence-electron chi connectivity index (χ2n) is 6.86. The van der Waals surface area contributed by atoms with Crippen LogP contribution in [0.15, 0.2) is 53.4 Å². The van der Waals surface area contributed by atoms with E-state index in [1.807, 2.05) is 12.1 Å². The molecule has 2 aromatic carbocycles. The molecule has 146 valence electrons. The van der Waals surface area contributed by atoms with Crippen LogP contribution in [0.25, 0.3) is 11.1 Å². The van der Waals surface area contributed by atoms with Crippen molar-refractivity contribution in [3.8, 4) is 11.1 Å². The summed E-state index contributed by atoms with van der Waals surface area (Å²) >= 11 is 5.87. The van der Waals surface area contributed by atoms with Gasteiger partial charge in [0.1, 0.15) is 5.60 Å². The van der Waals surface area contributed by atoms with Crippen molar-refractivity contribution >= 4 is 27.7 Å². The normalized spacial score (nSPS) is 11.9. The van der Waals surface area contributed by atoms with Crippen LogP contribution in [0.5, 0.6) is 0 Å². The van der Waals surface area contributed by atoms with Crippen LogP contribution in [-0.4, -0.2) is 33.2 Å². The standard InChI is InChI=1S/C19H23ClN2O4S/c1-19(2,3)26-18(23)21-12-13-22-27(24,25)17-10-6-15(7-11-17)14-4-8-16(20)9-5-14/h4-11,22H,12-13H2,1-3H3,(H,21,23). The summed E-state index contributed by atoms with van der Waals surface area (Å²) in [6.07, 6.45) is -0.589. The minimum absolute atomic E-state index is 0.0561. The first-order chi connectivity index (χ1) is 12.6. The maximum Gasteiger partial charge on any atom is 0.407 e. The van der Waals surface area contributed by atoms with Gasteiger partial charge < -0.3 is 10.1 Å². The summed E-state index contributed by atoms with van der Waals surface area (Å²) in [5.74, 6) is 0. The number of halogens is 1. The van der Waals surface area contributed by atoms with Crippen molar-refractivity contribution in [3.63, 3.8) is 0 Å². The molecule has 0 radical (unpaired) electrons. The monoisotopic (exact) mass is 410 g/mol. The third kappa shape index (κ3) is 6.86. The van der Waals surface area contributed by atoms with Crippen molar-refractivity contribution in [1.82, 2.24) is 10.0 Å². The number of rotatable bonds is 6. The molecule has 27 heavy (non-hydrogen) atoms. The minimum atomic E-state index is -3.66. The van der Waals surface area contributed by atoms with E-state index >= 15 is 0 Å². The Bertz CT molecular complexity index is 873. The second kappa shape index (κ2) is 8.73. The Morgan fingerprint density at radius 2 is 1.48 bits per heavy atom. The molecule has 0 aromatic heterocycles. The summed E-state index contributed by atoms with van der Waals surface area (Å²) in [5.41, 5.74) is 1.23. The van der Waals surface area contributed by atoms with Gasteiger partial charge in [-0.2, -0.15) is 0 Å². The zero-order valence-electron chi connectivity index (χ0n) is 15.5. The maximum absolute atomic E-state index is 12.3. The largest absolute Gasteiger partial charge is 0.444 e. The Morgan fingerprint density at radius 1 is 0.963 bits per heavy atom. The SMILES string of the molecule is CC(C)(C)OC(=O)NCCNS(=O)(=O)c1ccc(-c2ccc(Cl)cc2)cc1. The van der Waals surface area contributed by atoms with Crippen LogP contribution >= 0.6 is 11.6 Å². The van der Waals surface area contributed by atoms with Crippen LogP contribution in [0.4, 0.5) is 4.79 Å². The van der Waals surface area contributed by atoms with Crippen LogP contribution in [0.3, 0.4) is 0 Å². The third-order valence-corrected chi connectivity index (χ3v) is 5.16. The third-order valence-electron chi connectivity index (χ3n) is 3.43. The fourth-order valence-electron chi connectivity index (χ4n) is 2.22. The first-order valence-corrected chi connectivity index (χ1v) is 10.3. The highest BCUT2D eigenvalue weighted by atomic mass is 35.5. The van der Waals surface area contributed by atoms with Crippen molar-refractivity contribution in [1.29, 1.82) is 0 Å². The lowest BCUT2D eigenvalue weighted by Gasteiger charge is -2.19. The molecular weight excluding hydrogens is 388 g/mol. The number of ether oxygens (including phenoxy) is 1. The highest BCUT2D eigenvalue weighted by Crippen LogP contribution is 2.23. The summed E-state index contributed by atoms with van der Waals surface area (Å²) < 4.78 is 32.2. The molecule has 0 heterocycles. The number of hydrogen-bond donors (Lipinski definition) is 2. The Labute approximate surface area is 164 Å². The van der Waals surface area contributed by atoms with E-state index in [9.17, 15) is 13.2 Å². The Kier molecular flexibility index (Phi) is 6.86. The Morgan fingerprint density at radius 3 is 2.00 bits per heavy atom. The maximum atomic E-state index is 12.3. The fraction of sp³-hybridized carbons (Fsp3) is 0.316. The molecule has 0 aliphatic heterocycles.